The van der Waals surface area contributed by atoms with Crippen LogP contribution in [0.25, 0.3) is 0 Å². The summed E-state index contributed by atoms with van der Waals surface area (Å²) in [4.78, 5) is 25.9. The van der Waals surface area contributed by atoms with E-state index in [1.807, 2.05) is 28.8 Å². The first-order chi connectivity index (χ1) is 12.1. The van der Waals surface area contributed by atoms with Gasteiger partial charge in [0.25, 0.3) is 0 Å². The number of aromatic hydroxyl groups is 2. The highest BCUT2D eigenvalue weighted by molar-refractivity contribution is 6.30. The minimum atomic E-state index is -0.427. The Kier molecular flexibility index (Phi) is 2.58. The Balaban J connectivity index is 1.76. The second-order valence-electron chi connectivity index (χ2n) is 6.45. The Hall–Kier alpha value is -3.34. The number of nitrogens with zero attached hydrogens (tertiary/aromatic N) is 1. The molecule has 0 saturated carbocycles. The first kappa shape index (κ1) is 14.0. The fourth-order valence-electron chi connectivity index (χ4n) is 3.90. The summed E-state index contributed by atoms with van der Waals surface area (Å²) in [5, 5.41) is 20.2. The van der Waals surface area contributed by atoms with Crippen LogP contribution in [-0.2, 0) is 13.0 Å². The third-order valence-corrected chi connectivity index (χ3v) is 5.09. The lowest BCUT2D eigenvalue weighted by Crippen LogP contribution is -2.22. The molecule has 2 aromatic carbocycles. The van der Waals surface area contributed by atoms with Crippen LogP contribution in [0.2, 0.25) is 0 Å². The topological polar surface area (TPSA) is 79.5 Å². The van der Waals surface area contributed by atoms with Crippen LogP contribution in [0.15, 0.2) is 42.6 Å². The number of hydrogen-bond acceptors (Lipinski definition) is 4. The molecule has 1 aromatic heterocycles. The summed E-state index contributed by atoms with van der Waals surface area (Å²) in [6.45, 7) is 0.591. The molecule has 0 spiro atoms. The van der Waals surface area contributed by atoms with Gasteiger partial charge in [0.1, 0.15) is 11.5 Å². The smallest absolute Gasteiger partial charge is 0.200 e. The highest BCUT2D eigenvalue weighted by atomic mass is 16.3. The molecular weight excluding hydrogens is 318 g/mol. The third kappa shape index (κ3) is 1.72. The van der Waals surface area contributed by atoms with Crippen LogP contribution in [0, 0.1) is 0 Å². The largest absolute Gasteiger partial charge is 0.507 e. The number of ketones is 2. The molecule has 2 heterocycles. The molecule has 0 fully saturated rings. The van der Waals surface area contributed by atoms with Gasteiger partial charge in [-0.05, 0) is 23.3 Å². The molecule has 5 nitrogen and oxygen atoms in total. The highest BCUT2D eigenvalue weighted by Crippen LogP contribution is 2.40. The van der Waals surface area contributed by atoms with Crippen LogP contribution in [-0.4, -0.2) is 26.3 Å². The van der Waals surface area contributed by atoms with Crippen molar-refractivity contribution in [3.05, 3.63) is 81.7 Å². The van der Waals surface area contributed by atoms with Gasteiger partial charge < -0.3 is 14.8 Å². The fourth-order valence-corrected chi connectivity index (χ4v) is 3.90. The number of benzene rings is 2. The van der Waals surface area contributed by atoms with Crippen LogP contribution >= 0.6 is 0 Å². The van der Waals surface area contributed by atoms with Gasteiger partial charge >= 0.3 is 0 Å². The van der Waals surface area contributed by atoms with E-state index in [2.05, 4.69) is 0 Å². The van der Waals surface area contributed by atoms with Crippen molar-refractivity contribution in [2.75, 3.05) is 0 Å². The number of carbonyl (C=O) groups excluding carboxylic acids is 2. The second-order valence-corrected chi connectivity index (χ2v) is 6.45. The fraction of sp³-hybridized carbons (Fsp3) is 0.100. The molecule has 2 N–H and O–H groups in total. The molecule has 0 saturated heterocycles. The molecule has 1 aliphatic heterocycles. The van der Waals surface area contributed by atoms with Gasteiger partial charge in [-0.2, -0.15) is 0 Å². The quantitative estimate of drug-likeness (QED) is 0.428. The zero-order valence-electron chi connectivity index (χ0n) is 13.1. The molecule has 3 aromatic rings. The van der Waals surface area contributed by atoms with Crippen molar-refractivity contribution in [1.82, 2.24) is 4.57 Å². The number of fused-ring (bicyclic) bond motifs is 5. The summed E-state index contributed by atoms with van der Waals surface area (Å²) in [6, 6.07) is 10.4. The van der Waals surface area contributed by atoms with E-state index in [9.17, 15) is 19.8 Å². The number of rotatable bonds is 0. The van der Waals surface area contributed by atoms with Gasteiger partial charge in [0.15, 0.2) is 11.6 Å². The minimum absolute atomic E-state index is 0.106. The normalized spacial score (nSPS) is 14.6. The van der Waals surface area contributed by atoms with Crippen molar-refractivity contribution in [2.45, 2.75) is 13.0 Å². The molecule has 5 heteroatoms. The van der Waals surface area contributed by atoms with Crippen molar-refractivity contribution >= 4 is 11.6 Å². The second kappa shape index (κ2) is 4.60. The van der Waals surface area contributed by atoms with Crippen molar-refractivity contribution in [2.24, 2.45) is 0 Å². The maximum Gasteiger partial charge on any atom is 0.200 e. The highest BCUT2D eigenvalue weighted by Gasteiger charge is 2.38. The number of phenolic OH excluding ortho intramolecular Hbond substituents is 2. The van der Waals surface area contributed by atoms with E-state index in [0.29, 0.717) is 24.1 Å². The minimum Gasteiger partial charge on any atom is -0.507 e. The van der Waals surface area contributed by atoms with E-state index in [0.717, 1.165) is 16.8 Å². The lowest BCUT2D eigenvalue weighted by molar-refractivity contribution is 0.0974. The summed E-state index contributed by atoms with van der Waals surface area (Å²) >= 11 is 0. The number of carbonyl (C=O) groups is 2. The zero-order chi connectivity index (χ0) is 17.3. The first-order valence-electron chi connectivity index (χ1n) is 7.99. The summed E-state index contributed by atoms with van der Waals surface area (Å²) < 4.78 is 1.92. The van der Waals surface area contributed by atoms with Crippen molar-refractivity contribution in [3.8, 4) is 11.5 Å². The maximum atomic E-state index is 13.0. The van der Waals surface area contributed by atoms with Crippen molar-refractivity contribution < 1.29 is 19.8 Å². The van der Waals surface area contributed by atoms with E-state index in [4.69, 9.17) is 0 Å². The van der Waals surface area contributed by atoms with E-state index >= 15 is 0 Å². The van der Waals surface area contributed by atoms with Gasteiger partial charge in [-0.1, -0.05) is 24.3 Å². The van der Waals surface area contributed by atoms with Gasteiger partial charge in [0, 0.05) is 24.9 Å². The van der Waals surface area contributed by atoms with Gasteiger partial charge in [-0.25, -0.2) is 0 Å². The van der Waals surface area contributed by atoms with Crippen molar-refractivity contribution in [1.29, 1.82) is 0 Å². The van der Waals surface area contributed by atoms with Crippen LogP contribution in [0.3, 0.4) is 0 Å². The average molecular weight is 331 g/mol. The van der Waals surface area contributed by atoms with E-state index in [1.165, 1.54) is 12.1 Å². The van der Waals surface area contributed by atoms with Gasteiger partial charge in [-0.15, -0.1) is 0 Å². The summed E-state index contributed by atoms with van der Waals surface area (Å²) in [5.74, 6) is -1.41. The van der Waals surface area contributed by atoms with Gasteiger partial charge in [0.05, 0.1) is 22.3 Å². The van der Waals surface area contributed by atoms with E-state index in [-0.39, 0.29) is 22.6 Å². The monoisotopic (exact) mass is 331 g/mol. The molecule has 0 unspecified atom stereocenters. The van der Waals surface area contributed by atoms with Crippen molar-refractivity contribution in [3.63, 3.8) is 0 Å². The molecule has 1 aliphatic carbocycles. The SMILES string of the molecule is O=C1c2cn3c(c2C(=O)c2c(O)ccc(O)c21)Cc1ccccc1C3. The van der Waals surface area contributed by atoms with Crippen LogP contribution < -0.4 is 0 Å². The number of aromatic nitrogens is 1. The Labute approximate surface area is 142 Å². The lowest BCUT2D eigenvalue weighted by Gasteiger charge is -2.21. The molecule has 5 rings (SSSR count). The molecular formula is C20H13NO4. The van der Waals surface area contributed by atoms with Crippen LogP contribution in [0.1, 0.15) is 48.7 Å². The van der Waals surface area contributed by atoms with Gasteiger partial charge in [-0.3, -0.25) is 9.59 Å². The zero-order valence-corrected chi connectivity index (χ0v) is 13.1. The van der Waals surface area contributed by atoms with E-state index < -0.39 is 11.6 Å². The molecule has 122 valence electrons. The number of phenols is 2. The third-order valence-electron chi connectivity index (χ3n) is 5.09. The predicted octanol–water partition coefficient (Wildman–Crippen LogP) is 2.63. The molecule has 25 heavy (non-hydrogen) atoms. The van der Waals surface area contributed by atoms with Crippen LogP contribution in [0.4, 0.5) is 0 Å². The Morgan fingerprint density at radius 1 is 0.800 bits per heavy atom. The summed E-state index contributed by atoms with van der Waals surface area (Å²) in [6.07, 6.45) is 2.24. The Morgan fingerprint density at radius 2 is 1.44 bits per heavy atom. The Morgan fingerprint density at radius 3 is 2.16 bits per heavy atom. The maximum absolute atomic E-state index is 13.0. The standard InChI is InChI=1S/C20H13NO4/c22-14-5-6-15(23)18-17(14)19(24)12-9-21-8-11-4-2-1-3-10(11)7-13(21)16(12)20(18)25/h1-6,9,22-23H,7-8H2. The lowest BCUT2D eigenvalue weighted by atomic mass is 9.83. The summed E-state index contributed by atoms with van der Waals surface area (Å²) in [5.41, 5.74) is 3.48. The number of hydrogen-bond donors (Lipinski definition) is 2. The molecule has 2 aliphatic rings. The molecule has 0 radical (unpaired) electrons. The molecule has 0 bridgehead atoms. The first-order valence-corrected chi connectivity index (χ1v) is 7.99. The Bertz CT molecular complexity index is 1110. The van der Waals surface area contributed by atoms with E-state index in [1.54, 1.807) is 6.20 Å². The van der Waals surface area contributed by atoms with Crippen LogP contribution in [0.5, 0.6) is 11.5 Å². The van der Waals surface area contributed by atoms with Gasteiger partial charge in [0.2, 0.25) is 0 Å². The predicted molar refractivity (Wildman–Crippen MR) is 89.4 cm³/mol. The average Bonchev–Trinajstić information content (AvgIpc) is 2.98. The molecule has 0 atom stereocenters. The molecule has 0 amide bonds. The summed E-state index contributed by atoms with van der Waals surface area (Å²) in [7, 11) is 0.